The van der Waals surface area contributed by atoms with Crippen LogP contribution in [-0.2, 0) is 4.74 Å². The van der Waals surface area contributed by atoms with Gasteiger partial charge in [-0.05, 0) is 49.2 Å². The lowest BCUT2D eigenvalue weighted by Gasteiger charge is -2.17. The summed E-state index contributed by atoms with van der Waals surface area (Å²) in [7, 11) is 1.63. The van der Waals surface area contributed by atoms with Crippen molar-refractivity contribution in [1.82, 2.24) is 10.6 Å². The van der Waals surface area contributed by atoms with Gasteiger partial charge in [-0.2, -0.15) is 0 Å². The summed E-state index contributed by atoms with van der Waals surface area (Å²) in [6.45, 7) is 6.13. The molecule has 0 unspecified atom stereocenters. The van der Waals surface area contributed by atoms with Crippen LogP contribution in [0.15, 0.2) is 36.4 Å². The van der Waals surface area contributed by atoms with E-state index in [1.54, 1.807) is 19.2 Å². The molecule has 2 N–H and O–H groups in total. The standard InChI is InChI=1S/C22H25N3O4.ClH/c1-14-4-5-15(2)19(12-14)25-21(27)17-7-6-16(13-18(17)22(25)28)20(26)24-9-8-23-10-11-29-3;/h4-7,12-13,23H,8-11H2,1-3H3,(H,24,26);1H. The zero-order valence-electron chi connectivity index (χ0n) is 17.3. The molecule has 160 valence electrons. The molecule has 2 aromatic rings. The number of nitrogens with zero attached hydrogens (tertiary/aromatic N) is 1. The predicted molar refractivity (Wildman–Crippen MR) is 118 cm³/mol. The van der Waals surface area contributed by atoms with Crippen molar-refractivity contribution >= 4 is 35.8 Å². The van der Waals surface area contributed by atoms with Gasteiger partial charge in [0.2, 0.25) is 0 Å². The first kappa shape index (κ1) is 23.5. The number of nitrogens with one attached hydrogen (secondary N) is 2. The lowest BCUT2D eigenvalue weighted by Crippen LogP contribution is -2.33. The summed E-state index contributed by atoms with van der Waals surface area (Å²) in [5.41, 5.74) is 3.29. The fraction of sp³-hybridized carbons (Fsp3) is 0.318. The summed E-state index contributed by atoms with van der Waals surface area (Å²) in [6.07, 6.45) is 0. The first-order chi connectivity index (χ1) is 13.9. The maximum atomic E-state index is 13.0. The fourth-order valence-electron chi connectivity index (χ4n) is 3.23. The molecule has 0 aliphatic carbocycles. The van der Waals surface area contributed by atoms with Gasteiger partial charge in [0, 0.05) is 32.3 Å². The van der Waals surface area contributed by atoms with Crippen molar-refractivity contribution in [3.05, 3.63) is 64.2 Å². The number of aryl methyl sites for hydroxylation is 2. The third-order valence-electron chi connectivity index (χ3n) is 4.82. The van der Waals surface area contributed by atoms with E-state index in [9.17, 15) is 14.4 Å². The molecule has 0 radical (unpaired) electrons. The number of carbonyl (C=O) groups excluding carboxylic acids is 3. The highest BCUT2D eigenvalue weighted by Crippen LogP contribution is 2.31. The monoisotopic (exact) mass is 431 g/mol. The van der Waals surface area contributed by atoms with Crippen LogP contribution >= 0.6 is 12.4 Å². The molecule has 1 aliphatic heterocycles. The Kier molecular flexibility index (Phi) is 8.11. The van der Waals surface area contributed by atoms with E-state index in [0.717, 1.165) is 11.1 Å². The van der Waals surface area contributed by atoms with Crippen molar-refractivity contribution in [3.63, 3.8) is 0 Å². The summed E-state index contributed by atoms with van der Waals surface area (Å²) in [5.74, 6) is -1.06. The summed E-state index contributed by atoms with van der Waals surface area (Å²) >= 11 is 0. The highest BCUT2D eigenvalue weighted by Gasteiger charge is 2.37. The second-order valence-corrected chi connectivity index (χ2v) is 6.99. The molecular formula is C22H26ClN3O4. The first-order valence-electron chi connectivity index (χ1n) is 9.52. The Morgan fingerprint density at radius 2 is 1.70 bits per heavy atom. The molecule has 0 atom stereocenters. The summed E-state index contributed by atoms with van der Waals surface area (Å²) in [4.78, 5) is 39.4. The van der Waals surface area contributed by atoms with Crippen LogP contribution in [0, 0.1) is 13.8 Å². The van der Waals surface area contributed by atoms with E-state index < -0.39 is 5.91 Å². The molecule has 0 saturated heterocycles. The van der Waals surface area contributed by atoms with Crippen molar-refractivity contribution in [2.45, 2.75) is 13.8 Å². The van der Waals surface area contributed by atoms with Crippen LogP contribution in [-0.4, -0.2) is 51.1 Å². The maximum Gasteiger partial charge on any atom is 0.266 e. The van der Waals surface area contributed by atoms with E-state index >= 15 is 0 Å². The van der Waals surface area contributed by atoms with Gasteiger partial charge in [-0.25, -0.2) is 4.90 Å². The number of carbonyl (C=O) groups is 3. The van der Waals surface area contributed by atoms with Crippen LogP contribution in [0.2, 0.25) is 0 Å². The van der Waals surface area contributed by atoms with Gasteiger partial charge in [-0.3, -0.25) is 14.4 Å². The Hall–Kier alpha value is -2.74. The molecule has 1 aliphatic rings. The Bertz CT molecular complexity index is 961. The second-order valence-electron chi connectivity index (χ2n) is 6.99. The maximum absolute atomic E-state index is 13.0. The third kappa shape index (κ3) is 4.87. The van der Waals surface area contributed by atoms with Gasteiger partial charge in [-0.15, -0.1) is 12.4 Å². The number of benzene rings is 2. The molecule has 0 saturated carbocycles. The second kappa shape index (κ2) is 10.3. The van der Waals surface area contributed by atoms with Crippen molar-refractivity contribution in [2.24, 2.45) is 0 Å². The Morgan fingerprint density at radius 1 is 0.967 bits per heavy atom. The molecule has 0 fully saturated rings. The van der Waals surface area contributed by atoms with E-state index in [1.807, 2.05) is 32.0 Å². The fourth-order valence-corrected chi connectivity index (χ4v) is 3.23. The predicted octanol–water partition coefficient (Wildman–Crippen LogP) is 2.49. The number of methoxy groups -OCH3 is 1. The third-order valence-corrected chi connectivity index (χ3v) is 4.82. The molecule has 3 amide bonds. The van der Waals surface area contributed by atoms with E-state index in [2.05, 4.69) is 10.6 Å². The van der Waals surface area contributed by atoms with E-state index in [-0.39, 0.29) is 29.8 Å². The van der Waals surface area contributed by atoms with E-state index in [4.69, 9.17) is 4.74 Å². The van der Waals surface area contributed by atoms with Crippen molar-refractivity contribution in [3.8, 4) is 0 Å². The van der Waals surface area contributed by atoms with E-state index in [0.29, 0.717) is 43.1 Å². The number of amides is 3. The molecule has 30 heavy (non-hydrogen) atoms. The number of anilines is 1. The Labute approximate surface area is 182 Å². The highest BCUT2D eigenvalue weighted by atomic mass is 35.5. The minimum atomic E-state index is -0.408. The molecule has 0 aromatic heterocycles. The van der Waals surface area contributed by atoms with Gasteiger partial charge >= 0.3 is 0 Å². The number of imide groups is 1. The van der Waals surface area contributed by atoms with Crippen molar-refractivity contribution < 1.29 is 19.1 Å². The van der Waals surface area contributed by atoms with Crippen LogP contribution in [0.5, 0.6) is 0 Å². The summed E-state index contributed by atoms with van der Waals surface area (Å²) in [6, 6.07) is 10.3. The average Bonchev–Trinajstić information content (AvgIpc) is 2.96. The van der Waals surface area contributed by atoms with Crippen LogP contribution in [0.4, 0.5) is 5.69 Å². The molecule has 0 bridgehead atoms. The minimum Gasteiger partial charge on any atom is -0.383 e. The van der Waals surface area contributed by atoms with Gasteiger partial charge in [0.1, 0.15) is 0 Å². The van der Waals surface area contributed by atoms with Gasteiger partial charge in [0.15, 0.2) is 0 Å². The number of ether oxygens (including phenoxy) is 1. The van der Waals surface area contributed by atoms with Gasteiger partial charge in [0.05, 0.1) is 23.4 Å². The molecule has 1 heterocycles. The van der Waals surface area contributed by atoms with Crippen molar-refractivity contribution in [2.75, 3.05) is 38.3 Å². The number of hydrogen-bond donors (Lipinski definition) is 2. The molecule has 3 rings (SSSR count). The zero-order valence-corrected chi connectivity index (χ0v) is 18.1. The van der Waals surface area contributed by atoms with Gasteiger partial charge in [0.25, 0.3) is 17.7 Å². The minimum absolute atomic E-state index is 0. The molecular weight excluding hydrogens is 406 g/mol. The topological polar surface area (TPSA) is 87.7 Å². The number of fused-ring (bicyclic) bond motifs is 1. The van der Waals surface area contributed by atoms with Gasteiger partial charge < -0.3 is 15.4 Å². The lowest BCUT2D eigenvalue weighted by atomic mass is 10.1. The van der Waals surface area contributed by atoms with Crippen molar-refractivity contribution in [1.29, 1.82) is 0 Å². The normalized spacial score (nSPS) is 12.6. The average molecular weight is 432 g/mol. The molecule has 2 aromatic carbocycles. The van der Waals surface area contributed by atoms with Crippen LogP contribution < -0.4 is 15.5 Å². The van der Waals surface area contributed by atoms with Crippen LogP contribution in [0.25, 0.3) is 0 Å². The summed E-state index contributed by atoms with van der Waals surface area (Å²) < 4.78 is 4.94. The Morgan fingerprint density at radius 3 is 2.43 bits per heavy atom. The quantitative estimate of drug-likeness (QED) is 0.495. The molecule has 8 heteroatoms. The number of rotatable bonds is 8. The number of halogens is 1. The molecule has 0 spiro atoms. The van der Waals surface area contributed by atoms with Crippen LogP contribution in [0.3, 0.4) is 0 Å². The van der Waals surface area contributed by atoms with Gasteiger partial charge in [-0.1, -0.05) is 12.1 Å². The van der Waals surface area contributed by atoms with E-state index in [1.165, 1.54) is 11.0 Å². The smallest absolute Gasteiger partial charge is 0.266 e. The zero-order chi connectivity index (χ0) is 21.0. The number of hydrogen-bond acceptors (Lipinski definition) is 5. The summed E-state index contributed by atoms with van der Waals surface area (Å²) in [5, 5.41) is 5.94. The lowest BCUT2D eigenvalue weighted by molar-refractivity contribution is 0.0923. The SMILES string of the molecule is COCCNCCNC(=O)c1ccc2c(c1)C(=O)N(c1cc(C)ccc1C)C2=O.Cl. The largest absolute Gasteiger partial charge is 0.383 e. The first-order valence-corrected chi connectivity index (χ1v) is 9.52. The highest BCUT2D eigenvalue weighted by molar-refractivity contribution is 6.35. The molecule has 7 nitrogen and oxygen atoms in total. The Balaban J connectivity index is 0.00000320. The van der Waals surface area contributed by atoms with Crippen LogP contribution in [0.1, 0.15) is 42.2 Å².